The third kappa shape index (κ3) is 5.06. The summed E-state index contributed by atoms with van der Waals surface area (Å²) in [5, 5.41) is 23.0. The smallest absolute Gasteiger partial charge is 0.226 e. The Morgan fingerprint density at radius 3 is 2.48 bits per heavy atom. The third-order valence-electron chi connectivity index (χ3n) is 5.30. The van der Waals surface area contributed by atoms with Crippen LogP contribution in [0.5, 0.6) is 0 Å². The van der Waals surface area contributed by atoms with Gasteiger partial charge in [-0.15, -0.1) is 0 Å². The maximum Gasteiger partial charge on any atom is 0.226 e. The van der Waals surface area contributed by atoms with Crippen LogP contribution in [0.15, 0.2) is 12.1 Å². The summed E-state index contributed by atoms with van der Waals surface area (Å²) < 4.78 is 40.1. The first kappa shape index (κ1) is 21.5. The molecule has 0 aromatic heterocycles. The predicted molar refractivity (Wildman–Crippen MR) is 95.6 cm³/mol. The zero-order chi connectivity index (χ0) is 21.3. The Kier molecular flexibility index (Phi) is 6.45. The molecule has 4 atom stereocenters. The molecule has 2 aliphatic rings. The molecule has 1 saturated heterocycles. The lowest BCUT2D eigenvalue weighted by Crippen LogP contribution is -2.50. The second kappa shape index (κ2) is 8.68. The van der Waals surface area contributed by atoms with Crippen molar-refractivity contribution in [1.82, 2.24) is 10.2 Å². The van der Waals surface area contributed by atoms with E-state index < -0.39 is 47.8 Å². The maximum atomic E-state index is 13.8. The van der Waals surface area contributed by atoms with E-state index in [1.165, 1.54) is 0 Å². The van der Waals surface area contributed by atoms with Crippen LogP contribution < -0.4 is 11.1 Å². The molecule has 1 heterocycles. The summed E-state index contributed by atoms with van der Waals surface area (Å²) in [5.41, 5.74) is 5.72. The average Bonchev–Trinajstić information content (AvgIpc) is 3.43. The summed E-state index contributed by atoms with van der Waals surface area (Å²) in [6.45, 7) is -0.00760. The number of nitrogens with zero attached hydrogens (tertiary/aromatic N) is 1. The Hall–Kier alpha value is -2.17. The van der Waals surface area contributed by atoms with Gasteiger partial charge < -0.3 is 26.2 Å². The van der Waals surface area contributed by atoms with Gasteiger partial charge >= 0.3 is 0 Å². The average molecular weight is 415 g/mol. The van der Waals surface area contributed by atoms with Gasteiger partial charge in [-0.05, 0) is 30.9 Å². The van der Waals surface area contributed by atoms with Crippen molar-refractivity contribution in [2.75, 3.05) is 6.54 Å². The van der Waals surface area contributed by atoms with Crippen LogP contribution in [0.2, 0.25) is 0 Å². The number of amides is 2. The zero-order valence-corrected chi connectivity index (χ0v) is 15.7. The standard InChI is InChI=1S/C19H24F3N3O4/c20-12-6-14(22)13(21)4-10(12)3-11(23)5-17(27)25-15(16(26)7-18(25)28)8-24-19(29)9-1-2-9/h4,6,9,11,15-16,18,26,28H,1-3,5,7-8,23H2,(H,24,29)/t11-,15-,16?,18?/m1/s1. The molecule has 3 rings (SSSR count). The Morgan fingerprint density at radius 2 is 1.83 bits per heavy atom. The van der Waals surface area contributed by atoms with E-state index in [4.69, 9.17) is 5.73 Å². The first-order chi connectivity index (χ1) is 13.7. The minimum atomic E-state index is -1.32. The Bertz CT molecular complexity index is 790. The minimum absolute atomic E-state index is 0.00760. The number of rotatable bonds is 7. The van der Waals surface area contributed by atoms with Crippen LogP contribution in [0, 0.1) is 23.4 Å². The van der Waals surface area contributed by atoms with Crippen LogP contribution in [0.3, 0.4) is 0 Å². The van der Waals surface area contributed by atoms with E-state index in [0.29, 0.717) is 12.1 Å². The van der Waals surface area contributed by atoms with Gasteiger partial charge in [0.2, 0.25) is 11.8 Å². The number of carbonyl (C=O) groups excluding carboxylic acids is 2. The summed E-state index contributed by atoms with van der Waals surface area (Å²) in [7, 11) is 0. The van der Waals surface area contributed by atoms with Crippen molar-refractivity contribution in [2.45, 2.75) is 56.5 Å². The zero-order valence-electron chi connectivity index (χ0n) is 15.7. The molecule has 0 spiro atoms. The number of carbonyl (C=O) groups is 2. The Morgan fingerprint density at radius 1 is 1.17 bits per heavy atom. The van der Waals surface area contributed by atoms with Crippen LogP contribution in [0.1, 0.15) is 31.2 Å². The Balaban J connectivity index is 1.61. The van der Waals surface area contributed by atoms with Crippen molar-refractivity contribution in [3.8, 4) is 0 Å². The monoisotopic (exact) mass is 415 g/mol. The van der Waals surface area contributed by atoms with Crippen LogP contribution in [-0.4, -0.2) is 57.9 Å². The van der Waals surface area contributed by atoms with Gasteiger partial charge in [-0.3, -0.25) is 9.59 Å². The molecule has 1 aromatic rings. The van der Waals surface area contributed by atoms with Crippen molar-refractivity contribution in [1.29, 1.82) is 0 Å². The summed E-state index contributed by atoms with van der Waals surface area (Å²) >= 11 is 0. The third-order valence-corrected chi connectivity index (χ3v) is 5.30. The maximum absolute atomic E-state index is 13.8. The number of nitrogens with one attached hydrogen (secondary N) is 1. The molecule has 29 heavy (non-hydrogen) atoms. The molecule has 2 unspecified atom stereocenters. The largest absolute Gasteiger partial charge is 0.391 e. The van der Waals surface area contributed by atoms with Gasteiger partial charge in [-0.25, -0.2) is 13.2 Å². The van der Waals surface area contributed by atoms with Crippen molar-refractivity contribution in [3.63, 3.8) is 0 Å². The number of nitrogens with two attached hydrogens (primary N) is 1. The van der Waals surface area contributed by atoms with E-state index in [-0.39, 0.29) is 43.2 Å². The van der Waals surface area contributed by atoms with Gasteiger partial charge in [0.05, 0.1) is 12.1 Å². The number of benzene rings is 1. The van der Waals surface area contributed by atoms with E-state index >= 15 is 0 Å². The molecule has 10 heteroatoms. The van der Waals surface area contributed by atoms with E-state index in [1.807, 2.05) is 0 Å². The van der Waals surface area contributed by atoms with E-state index in [9.17, 15) is 33.0 Å². The fraction of sp³-hybridized carbons (Fsp3) is 0.579. The van der Waals surface area contributed by atoms with Gasteiger partial charge in [0.1, 0.15) is 12.0 Å². The quantitative estimate of drug-likeness (QED) is 0.474. The molecule has 1 aliphatic heterocycles. The molecule has 1 aliphatic carbocycles. The lowest BCUT2D eigenvalue weighted by molar-refractivity contribution is -0.142. The number of aliphatic hydroxyl groups excluding tert-OH is 2. The second-order valence-electron chi connectivity index (χ2n) is 7.70. The molecule has 7 nitrogen and oxygen atoms in total. The predicted octanol–water partition coefficient (Wildman–Crippen LogP) is 0.170. The van der Waals surface area contributed by atoms with Gasteiger partial charge in [-0.1, -0.05) is 0 Å². The molecule has 1 saturated carbocycles. The number of likely N-dealkylation sites (tertiary alicyclic amines) is 1. The first-order valence-corrected chi connectivity index (χ1v) is 9.51. The molecule has 160 valence electrons. The summed E-state index contributed by atoms with van der Waals surface area (Å²) in [4.78, 5) is 25.5. The molecule has 1 aromatic carbocycles. The number of halogens is 3. The lowest BCUT2D eigenvalue weighted by atomic mass is 10.0. The summed E-state index contributed by atoms with van der Waals surface area (Å²) in [6, 6.07) is -0.626. The lowest BCUT2D eigenvalue weighted by Gasteiger charge is -2.29. The second-order valence-corrected chi connectivity index (χ2v) is 7.70. The van der Waals surface area contributed by atoms with Gasteiger partial charge in [0.15, 0.2) is 11.6 Å². The summed E-state index contributed by atoms with van der Waals surface area (Å²) in [6.07, 6.45) is -1.25. The molecule has 5 N–H and O–H groups in total. The van der Waals surface area contributed by atoms with Crippen molar-refractivity contribution in [3.05, 3.63) is 35.1 Å². The summed E-state index contributed by atoms with van der Waals surface area (Å²) in [5.74, 6) is -4.29. The fourth-order valence-electron chi connectivity index (χ4n) is 3.58. The molecule has 2 amide bonds. The highest BCUT2D eigenvalue weighted by Crippen LogP contribution is 2.29. The SMILES string of the molecule is N[C@@H](CC(=O)N1C(O)CC(O)[C@H]1CNC(=O)C1CC1)Cc1cc(F)c(F)cc1F. The van der Waals surface area contributed by atoms with E-state index in [0.717, 1.165) is 17.7 Å². The van der Waals surface area contributed by atoms with Crippen molar-refractivity contribution >= 4 is 11.8 Å². The number of hydrogen-bond donors (Lipinski definition) is 4. The fourth-order valence-corrected chi connectivity index (χ4v) is 3.58. The normalized spacial score (nSPS) is 25.2. The number of aliphatic hydroxyl groups is 2. The topological polar surface area (TPSA) is 116 Å². The minimum Gasteiger partial charge on any atom is -0.391 e. The first-order valence-electron chi connectivity index (χ1n) is 9.51. The van der Waals surface area contributed by atoms with Gasteiger partial charge in [-0.2, -0.15) is 0 Å². The van der Waals surface area contributed by atoms with Crippen molar-refractivity contribution in [2.24, 2.45) is 11.7 Å². The van der Waals surface area contributed by atoms with Crippen LogP contribution in [0.4, 0.5) is 13.2 Å². The highest BCUT2D eigenvalue weighted by molar-refractivity contribution is 5.81. The van der Waals surface area contributed by atoms with E-state index in [2.05, 4.69) is 5.32 Å². The number of hydrogen-bond acceptors (Lipinski definition) is 5. The molecular weight excluding hydrogens is 391 g/mol. The Labute approximate surface area is 165 Å². The van der Waals surface area contributed by atoms with Gasteiger partial charge in [0, 0.05) is 37.4 Å². The van der Waals surface area contributed by atoms with Crippen LogP contribution in [-0.2, 0) is 16.0 Å². The highest BCUT2D eigenvalue weighted by Gasteiger charge is 2.43. The molecule has 2 fully saturated rings. The van der Waals surface area contributed by atoms with Crippen molar-refractivity contribution < 1.29 is 33.0 Å². The van der Waals surface area contributed by atoms with Crippen LogP contribution in [0.25, 0.3) is 0 Å². The molecule has 0 bridgehead atoms. The van der Waals surface area contributed by atoms with E-state index in [1.54, 1.807) is 0 Å². The van der Waals surface area contributed by atoms with Gasteiger partial charge in [0.25, 0.3) is 0 Å². The van der Waals surface area contributed by atoms with Crippen LogP contribution >= 0.6 is 0 Å². The molecular formula is C19H24F3N3O4. The molecule has 0 radical (unpaired) electrons. The highest BCUT2D eigenvalue weighted by atomic mass is 19.2.